The molecule has 0 saturated carbocycles. The first-order chi connectivity index (χ1) is 5.17. The number of rotatable bonds is 4. The predicted octanol–water partition coefficient (Wildman–Crippen LogP) is -1.38. The molecule has 0 radical (unpaired) electrons. The zero-order valence-corrected chi connectivity index (χ0v) is 6.70. The van der Waals surface area contributed by atoms with Crippen LogP contribution < -0.4 is 11.3 Å². The maximum atomic E-state index is 10.8. The molecule has 0 rings (SSSR count). The number of hydrogen-bond acceptors (Lipinski definition) is 4. The smallest absolute Gasteiger partial charge is 0.239 e. The molecule has 0 saturated heterocycles. The second-order valence-electron chi connectivity index (χ2n) is 2.25. The van der Waals surface area contributed by atoms with Gasteiger partial charge in [-0.05, 0) is 0 Å². The average Bonchev–Trinajstić information content (AvgIpc) is 2.05. The molecule has 0 spiro atoms. The van der Waals surface area contributed by atoms with E-state index < -0.39 is 12.0 Å². The molecule has 2 atom stereocenters. The molecule has 66 valence electrons. The summed E-state index contributed by atoms with van der Waals surface area (Å²) in [6, 6.07) is 0. The molecule has 0 aliphatic carbocycles. The van der Waals surface area contributed by atoms with E-state index in [0.717, 1.165) is 0 Å². The Balaban J connectivity index is 3.97. The van der Waals surface area contributed by atoms with E-state index in [9.17, 15) is 4.79 Å². The summed E-state index contributed by atoms with van der Waals surface area (Å²) >= 11 is 0. The van der Waals surface area contributed by atoms with Crippen molar-refractivity contribution in [3.63, 3.8) is 0 Å². The highest BCUT2D eigenvalue weighted by Crippen LogP contribution is 2.04. The summed E-state index contributed by atoms with van der Waals surface area (Å²) in [6.07, 6.45) is -0.487. The Kier molecular flexibility index (Phi) is 4.76. The Morgan fingerprint density at radius 3 is 2.64 bits per heavy atom. The van der Waals surface area contributed by atoms with E-state index in [-0.39, 0.29) is 12.5 Å². The van der Waals surface area contributed by atoms with Gasteiger partial charge in [0.25, 0.3) is 0 Å². The summed E-state index contributed by atoms with van der Waals surface area (Å²) in [5.41, 5.74) is 1.98. The highest BCUT2D eigenvalue weighted by molar-refractivity contribution is 5.78. The van der Waals surface area contributed by atoms with Crippen molar-refractivity contribution in [1.82, 2.24) is 5.43 Å². The van der Waals surface area contributed by atoms with Gasteiger partial charge >= 0.3 is 0 Å². The zero-order chi connectivity index (χ0) is 8.85. The lowest BCUT2D eigenvalue weighted by atomic mass is 10.1. The molecule has 11 heavy (non-hydrogen) atoms. The number of carbonyl (C=O) groups excluding carboxylic acids is 1. The van der Waals surface area contributed by atoms with Gasteiger partial charge in [0.15, 0.2) is 0 Å². The van der Waals surface area contributed by atoms with Gasteiger partial charge in [-0.3, -0.25) is 10.2 Å². The molecule has 5 nitrogen and oxygen atoms in total. The van der Waals surface area contributed by atoms with Crippen molar-refractivity contribution < 1.29 is 14.6 Å². The summed E-state index contributed by atoms with van der Waals surface area (Å²) in [7, 11) is 1.43. The van der Waals surface area contributed by atoms with E-state index in [1.807, 2.05) is 5.43 Å². The van der Waals surface area contributed by atoms with Crippen LogP contribution in [0.4, 0.5) is 0 Å². The molecule has 0 aromatic rings. The number of hydrazine groups is 1. The lowest BCUT2D eigenvalue weighted by molar-refractivity contribution is -0.130. The van der Waals surface area contributed by atoms with Gasteiger partial charge in [-0.25, -0.2) is 5.84 Å². The summed E-state index contributed by atoms with van der Waals surface area (Å²) < 4.78 is 4.82. The van der Waals surface area contributed by atoms with Crippen molar-refractivity contribution in [3.8, 4) is 0 Å². The van der Waals surface area contributed by atoms with Gasteiger partial charge in [-0.2, -0.15) is 0 Å². The third-order valence-electron chi connectivity index (χ3n) is 1.60. The number of nitrogens with two attached hydrogens (primary N) is 1. The van der Waals surface area contributed by atoms with Crippen molar-refractivity contribution in [3.05, 3.63) is 0 Å². The topological polar surface area (TPSA) is 84.6 Å². The first kappa shape index (κ1) is 10.3. The van der Waals surface area contributed by atoms with Crippen molar-refractivity contribution in [1.29, 1.82) is 0 Å². The summed E-state index contributed by atoms with van der Waals surface area (Å²) in [5.74, 6) is 4.11. The highest BCUT2D eigenvalue weighted by Gasteiger charge is 2.21. The molecular weight excluding hydrogens is 148 g/mol. The van der Waals surface area contributed by atoms with E-state index in [4.69, 9.17) is 15.7 Å². The molecule has 0 aromatic carbocycles. The van der Waals surface area contributed by atoms with Crippen molar-refractivity contribution >= 4 is 5.91 Å². The maximum absolute atomic E-state index is 10.8. The SMILES string of the molecule is COC(CO)C(C)C(=O)NN. The van der Waals surface area contributed by atoms with Crippen LogP contribution in [0.2, 0.25) is 0 Å². The maximum Gasteiger partial charge on any atom is 0.239 e. The Morgan fingerprint density at radius 2 is 2.36 bits per heavy atom. The number of methoxy groups -OCH3 is 1. The van der Waals surface area contributed by atoms with Crippen molar-refractivity contribution in [2.45, 2.75) is 13.0 Å². The first-order valence-corrected chi connectivity index (χ1v) is 3.31. The van der Waals surface area contributed by atoms with Gasteiger partial charge in [0, 0.05) is 7.11 Å². The van der Waals surface area contributed by atoms with Crippen LogP contribution in [0, 0.1) is 5.92 Å². The number of aliphatic hydroxyl groups excluding tert-OH is 1. The van der Waals surface area contributed by atoms with Crippen molar-refractivity contribution in [2.75, 3.05) is 13.7 Å². The number of ether oxygens (including phenoxy) is 1. The normalized spacial score (nSPS) is 15.6. The van der Waals surface area contributed by atoms with Gasteiger partial charge in [-0.15, -0.1) is 0 Å². The highest BCUT2D eigenvalue weighted by atomic mass is 16.5. The molecule has 0 aromatic heterocycles. The van der Waals surface area contributed by atoms with Crippen LogP contribution in [0.15, 0.2) is 0 Å². The quantitative estimate of drug-likeness (QED) is 0.270. The molecule has 5 heteroatoms. The molecule has 4 N–H and O–H groups in total. The van der Waals surface area contributed by atoms with Crippen LogP contribution in [0.3, 0.4) is 0 Å². The van der Waals surface area contributed by atoms with E-state index in [1.54, 1.807) is 6.92 Å². The summed E-state index contributed by atoms with van der Waals surface area (Å²) in [4.78, 5) is 10.8. The third-order valence-corrected chi connectivity index (χ3v) is 1.60. The van der Waals surface area contributed by atoms with Gasteiger partial charge in [0.05, 0.1) is 18.6 Å². The van der Waals surface area contributed by atoms with Crippen molar-refractivity contribution in [2.24, 2.45) is 11.8 Å². The van der Waals surface area contributed by atoms with Gasteiger partial charge < -0.3 is 9.84 Å². The van der Waals surface area contributed by atoms with Crippen LogP contribution in [0.1, 0.15) is 6.92 Å². The number of amides is 1. The predicted molar refractivity (Wildman–Crippen MR) is 39.4 cm³/mol. The fraction of sp³-hybridized carbons (Fsp3) is 0.833. The minimum Gasteiger partial charge on any atom is -0.394 e. The number of hydrogen-bond donors (Lipinski definition) is 3. The number of aliphatic hydroxyl groups is 1. The largest absolute Gasteiger partial charge is 0.394 e. The number of nitrogens with one attached hydrogen (secondary N) is 1. The molecular formula is C6H14N2O3. The molecule has 0 fully saturated rings. The first-order valence-electron chi connectivity index (χ1n) is 3.31. The van der Waals surface area contributed by atoms with Gasteiger partial charge in [0.1, 0.15) is 0 Å². The fourth-order valence-corrected chi connectivity index (χ4v) is 0.737. The monoisotopic (exact) mass is 162 g/mol. The Morgan fingerprint density at radius 1 is 1.82 bits per heavy atom. The second-order valence-corrected chi connectivity index (χ2v) is 2.25. The van der Waals surface area contributed by atoms with E-state index in [2.05, 4.69) is 0 Å². The number of carbonyl (C=O) groups is 1. The van der Waals surface area contributed by atoms with E-state index >= 15 is 0 Å². The zero-order valence-electron chi connectivity index (χ0n) is 6.70. The molecule has 2 unspecified atom stereocenters. The second kappa shape index (κ2) is 5.06. The Labute approximate surface area is 65.5 Å². The molecule has 0 heterocycles. The average molecular weight is 162 g/mol. The van der Waals surface area contributed by atoms with Crippen LogP contribution >= 0.6 is 0 Å². The molecule has 0 aliphatic rings. The summed E-state index contributed by atoms with van der Waals surface area (Å²) in [5, 5.41) is 8.70. The Hall–Kier alpha value is -0.650. The third kappa shape index (κ3) is 2.83. The molecule has 1 amide bonds. The Bertz CT molecular complexity index is 125. The lowest BCUT2D eigenvalue weighted by Gasteiger charge is -2.18. The van der Waals surface area contributed by atoms with Crippen LogP contribution in [-0.4, -0.2) is 30.8 Å². The lowest BCUT2D eigenvalue weighted by Crippen LogP contribution is -2.41. The van der Waals surface area contributed by atoms with Gasteiger partial charge in [0.2, 0.25) is 5.91 Å². The van der Waals surface area contributed by atoms with Crippen LogP contribution in [-0.2, 0) is 9.53 Å². The fourth-order valence-electron chi connectivity index (χ4n) is 0.737. The summed E-state index contributed by atoms with van der Waals surface area (Å²) in [6.45, 7) is 1.44. The minimum atomic E-state index is -0.487. The molecule has 0 aliphatic heterocycles. The van der Waals surface area contributed by atoms with Crippen LogP contribution in [0.5, 0.6) is 0 Å². The van der Waals surface area contributed by atoms with E-state index in [0.29, 0.717) is 0 Å². The minimum absolute atomic E-state index is 0.189. The standard InChI is InChI=1S/C6H14N2O3/c1-4(6(10)8-7)5(3-9)11-2/h4-5,9H,3,7H2,1-2H3,(H,8,10). The molecule has 0 bridgehead atoms. The van der Waals surface area contributed by atoms with E-state index in [1.165, 1.54) is 7.11 Å². The van der Waals surface area contributed by atoms with Gasteiger partial charge in [-0.1, -0.05) is 6.92 Å². The van der Waals surface area contributed by atoms with Crippen LogP contribution in [0.25, 0.3) is 0 Å².